The highest BCUT2D eigenvalue weighted by Crippen LogP contribution is 2.36. The molecule has 0 aliphatic carbocycles. The second-order valence-electron chi connectivity index (χ2n) is 12.7. The molecule has 0 aliphatic heterocycles. The van der Waals surface area contributed by atoms with Gasteiger partial charge in [-0.15, -0.1) is 0 Å². The van der Waals surface area contributed by atoms with Crippen molar-refractivity contribution in [1.82, 2.24) is 0 Å². The minimum Gasteiger partial charge on any atom is -0.462 e. The maximum atomic E-state index is 12.3. The zero-order valence-corrected chi connectivity index (χ0v) is 32.0. The summed E-state index contributed by atoms with van der Waals surface area (Å²) in [4.78, 5) is 42.7. The molecule has 0 heterocycles. The van der Waals surface area contributed by atoms with Crippen molar-refractivity contribution in [3.63, 3.8) is 0 Å². The molecule has 0 saturated carbocycles. The largest absolute Gasteiger partial charge is 0.469 e. The molecule has 0 rings (SSSR count). The van der Waals surface area contributed by atoms with Crippen LogP contribution in [0.2, 0.25) is 0 Å². The van der Waals surface area contributed by atoms with E-state index in [1.807, 2.05) is 37.3 Å². The first-order valence-electron chi connectivity index (χ1n) is 19.2. The maximum Gasteiger partial charge on any atom is 0.469 e. The number of phosphoric acid groups is 1. The van der Waals surface area contributed by atoms with Gasteiger partial charge in [0.15, 0.2) is 6.10 Å². The van der Waals surface area contributed by atoms with Gasteiger partial charge in [-0.25, -0.2) is 4.57 Å². The van der Waals surface area contributed by atoms with E-state index in [1.54, 1.807) is 6.08 Å². The number of esters is 2. The lowest BCUT2D eigenvalue weighted by molar-refractivity contribution is -0.161. The zero-order valence-electron chi connectivity index (χ0n) is 31.1. The SMILES string of the molecule is CCCCCCCCCCCCCCCCC(=O)OC[C@H](COP(=O)(O)O)OC(=O)CCC/C=C\C/C=C\C/C=C\C/C=C\C=C\[C@H](O)CC. The summed E-state index contributed by atoms with van der Waals surface area (Å²) in [5.41, 5.74) is 0. The number of hydrogen-bond acceptors (Lipinski definition) is 7. The lowest BCUT2D eigenvalue weighted by atomic mass is 10.0. The fourth-order valence-electron chi connectivity index (χ4n) is 4.95. The fourth-order valence-corrected chi connectivity index (χ4v) is 5.31. The number of aliphatic hydroxyl groups excluding tert-OH is 1. The van der Waals surface area contributed by atoms with Gasteiger partial charge in [-0.1, -0.05) is 158 Å². The van der Waals surface area contributed by atoms with Gasteiger partial charge in [-0.3, -0.25) is 14.1 Å². The van der Waals surface area contributed by atoms with E-state index in [1.165, 1.54) is 70.6 Å². The van der Waals surface area contributed by atoms with Gasteiger partial charge < -0.3 is 24.4 Å². The minimum absolute atomic E-state index is 0.119. The van der Waals surface area contributed by atoms with Crippen LogP contribution in [0.5, 0.6) is 0 Å². The zero-order chi connectivity index (χ0) is 37.0. The standard InChI is InChI=1S/C40H69O9P/c1-3-5-6-7-8-9-10-11-15-18-21-24-27-30-33-39(42)47-35-38(36-48-50(44,45)46)49-40(43)34-31-28-25-22-19-16-13-12-14-17-20-23-26-29-32-37(41)4-2/h13-14,16-17,22-23,25-26,29,32,37-38,41H,3-12,15,18-21,24,27-28,30-31,33-36H2,1-2H3,(H2,44,45,46)/b16-13-,17-14-,25-22-,26-23-,32-29+/t37-,38-/m1/s1. The number of phosphoric ester groups is 1. The molecular formula is C40H69O9P. The van der Waals surface area contributed by atoms with E-state index in [4.69, 9.17) is 19.3 Å². The van der Waals surface area contributed by atoms with E-state index < -0.39 is 32.5 Å². The summed E-state index contributed by atoms with van der Waals surface area (Å²) in [5, 5.41) is 9.44. The van der Waals surface area contributed by atoms with Gasteiger partial charge in [-0.05, 0) is 44.9 Å². The molecule has 0 aromatic heterocycles. The van der Waals surface area contributed by atoms with E-state index >= 15 is 0 Å². The lowest BCUT2D eigenvalue weighted by Crippen LogP contribution is -2.29. The van der Waals surface area contributed by atoms with Crippen molar-refractivity contribution >= 4 is 19.8 Å². The first kappa shape index (κ1) is 47.7. The molecule has 3 N–H and O–H groups in total. The van der Waals surface area contributed by atoms with Gasteiger partial charge in [0.25, 0.3) is 0 Å². The van der Waals surface area contributed by atoms with E-state index in [9.17, 15) is 19.3 Å². The van der Waals surface area contributed by atoms with E-state index in [0.29, 0.717) is 25.7 Å². The predicted molar refractivity (Wildman–Crippen MR) is 203 cm³/mol. The van der Waals surface area contributed by atoms with Crippen LogP contribution < -0.4 is 0 Å². The molecule has 0 bridgehead atoms. The van der Waals surface area contributed by atoms with Crippen molar-refractivity contribution in [1.29, 1.82) is 0 Å². The summed E-state index contributed by atoms with van der Waals surface area (Å²) in [6.45, 7) is 3.30. The molecule has 0 spiro atoms. The van der Waals surface area contributed by atoms with Gasteiger partial charge in [0.05, 0.1) is 12.7 Å². The number of carbonyl (C=O) groups is 2. The quantitative estimate of drug-likeness (QED) is 0.0194. The highest BCUT2D eigenvalue weighted by atomic mass is 31.2. The third kappa shape index (κ3) is 37.0. The highest BCUT2D eigenvalue weighted by molar-refractivity contribution is 7.46. The van der Waals surface area contributed by atoms with Crippen LogP contribution in [0.3, 0.4) is 0 Å². The Bertz CT molecular complexity index is 1010. The Morgan fingerprint density at radius 2 is 1.12 bits per heavy atom. The Balaban J connectivity index is 4.09. The molecule has 0 saturated heterocycles. The number of rotatable bonds is 34. The first-order valence-corrected chi connectivity index (χ1v) is 20.7. The van der Waals surface area contributed by atoms with Crippen LogP contribution in [0.4, 0.5) is 0 Å². The monoisotopic (exact) mass is 724 g/mol. The second-order valence-corrected chi connectivity index (χ2v) is 14.0. The van der Waals surface area contributed by atoms with Crippen LogP contribution in [-0.4, -0.2) is 52.3 Å². The molecule has 288 valence electrons. The van der Waals surface area contributed by atoms with Crippen LogP contribution in [-0.2, 0) is 28.2 Å². The molecule has 0 unspecified atom stereocenters. The summed E-state index contributed by atoms with van der Waals surface area (Å²) in [5.74, 6) is -0.974. The second kappa shape index (κ2) is 35.1. The molecule has 2 atom stereocenters. The minimum atomic E-state index is -4.78. The number of ether oxygens (including phenoxy) is 2. The summed E-state index contributed by atoms with van der Waals surface area (Å²) in [6, 6.07) is 0. The van der Waals surface area contributed by atoms with Crippen LogP contribution in [0.15, 0.2) is 60.8 Å². The number of hydrogen-bond donors (Lipinski definition) is 3. The van der Waals surface area contributed by atoms with Crippen LogP contribution in [0.25, 0.3) is 0 Å². The third-order valence-electron chi connectivity index (χ3n) is 7.96. The van der Waals surface area contributed by atoms with Crippen LogP contribution in [0, 0.1) is 0 Å². The Morgan fingerprint density at radius 1 is 0.620 bits per heavy atom. The van der Waals surface area contributed by atoms with Crippen molar-refractivity contribution in [3.8, 4) is 0 Å². The average molecular weight is 725 g/mol. The van der Waals surface area contributed by atoms with Crippen LogP contribution >= 0.6 is 7.82 Å². The number of aliphatic hydroxyl groups is 1. The number of allylic oxidation sites excluding steroid dienone is 9. The van der Waals surface area contributed by atoms with Gasteiger partial charge in [0, 0.05) is 12.8 Å². The molecule has 0 fully saturated rings. The van der Waals surface area contributed by atoms with Crippen molar-refractivity contribution in [2.45, 2.75) is 167 Å². The molecule has 10 heteroatoms. The Kier molecular flexibility index (Phi) is 33.5. The van der Waals surface area contributed by atoms with Crippen LogP contribution in [0.1, 0.15) is 155 Å². The molecule has 0 aliphatic rings. The van der Waals surface area contributed by atoms with Gasteiger partial charge in [0.2, 0.25) is 0 Å². The summed E-state index contributed by atoms with van der Waals surface area (Å²) in [6.07, 6.45) is 40.4. The third-order valence-corrected chi connectivity index (χ3v) is 8.44. The van der Waals surface area contributed by atoms with Gasteiger partial charge in [-0.2, -0.15) is 0 Å². The van der Waals surface area contributed by atoms with E-state index in [-0.39, 0.29) is 25.6 Å². The fraction of sp³-hybridized carbons (Fsp3) is 0.700. The predicted octanol–water partition coefficient (Wildman–Crippen LogP) is 10.3. The molecule has 50 heavy (non-hydrogen) atoms. The van der Waals surface area contributed by atoms with Gasteiger partial charge in [0.1, 0.15) is 6.61 Å². The summed E-state index contributed by atoms with van der Waals surface area (Å²) >= 11 is 0. The molecule has 0 aromatic rings. The normalized spacial score (nSPS) is 13.8. The Labute approximate surface area is 303 Å². The van der Waals surface area contributed by atoms with Gasteiger partial charge >= 0.3 is 19.8 Å². The molecule has 0 aromatic carbocycles. The van der Waals surface area contributed by atoms with Crippen molar-refractivity contribution in [3.05, 3.63) is 60.8 Å². The van der Waals surface area contributed by atoms with Crippen molar-refractivity contribution in [2.24, 2.45) is 0 Å². The Hall–Kier alpha value is -2.29. The molecular weight excluding hydrogens is 655 g/mol. The topological polar surface area (TPSA) is 140 Å². The van der Waals surface area contributed by atoms with E-state index in [0.717, 1.165) is 32.1 Å². The lowest BCUT2D eigenvalue weighted by Gasteiger charge is -2.18. The first-order chi connectivity index (χ1) is 24.2. The maximum absolute atomic E-state index is 12.3. The average Bonchev–Trinajstić information content (AvgIpc) is 3.08. The number of carbonyl (C=O) groups excluding carboxylic acids is 2. The van der Waals surface area contributed by atoms with Crippen molar-refractivity contribution in [2.75, 3.05) is 13.2 Å². The summed E-state index contributed by atoms with van der Waals surface area (Å²) < 4.78 is 26.2. The van der Waals surface area contributed by atoms with Crippen molar-refractivity contribution < 1.29 is 43.0 Å². The summed E-state index contributed by atoms with van der Waals surface area (Å²) in [7, 11) is -4.78. The highest BCUT2D eigenvalue weighted by Gasteiger charge is 2.22. The molecule has 0 amide bonds. The number of unbranched alkanes of at least 4 members (excludes halogenated alkanes) is 14. The Morgan fingerprint density at radius 3 is 1.66 bits per heavy atom. The smallest absolute Gasteiger partial charge is 0.462 e. The van der Waals surface area contributed by atoms with E-state index in [2.05, 4.69) is 35.8 Å². The molecule has 9 nitrogen and oxygen atoms in total. The molecule has 0 radical (unpaired) electrons.